The molecule has 1 aromatic carbocycles. The molecule has 2 N–H and O–H groups in total. The molecule has 2 rings (SSSR count). The van der Waals surface area contributed by atoms with Crippen LogP contribution in [0, 0.1) is 0 Å². The molecule has 1 aromatic rings. The van der Waals surface area contributed by atoms with Crippen LogP contribution in [0.2, 0.25) is 0 Å². The summed E-state index contributed by atoms with van der Waals surface area (Å²) in [5.41, 5.74) is 1.10. The van der Waals surface area contributed by atoms with E-state index in [2.05, 4.69) is 10.6 Å². The van der Waals surface area contributed by atoms with Gasteiger partial charge in [0.2, 0.25) is 0 Å². The highest BCUT2D eigenvalue weighted by Crippen LogP contribution is 2.36. The van der Waals surface area contributed by atoms with Crippen LogP contribution in [0.15, 0.2) is 29.5 Å². The van der Waals surface area contributed by atoms with E-state index in [4.69, 9.17) is 25.8 Å². The van der Waals surface area contributed by atoms with Crippen molar-refractivity contribution in [3.8, 4) is 11.5 Å². The third kappa shape index (κ3) is 3.56. The van der Waals surface area contributed by atoms with Gasteiger partial charge in [-0.3, -0.25) is 0 Å². The van der Waals surface area contributed by atoms with Crippen molar-refractivity contribution in [3.63, 3.8) is 0 Å². The maximum absolute atomic E-state index is 12.4. The standard InChI is InChI=1S/C16H19ClN2O5/c1-4-24-15(20)13-11(8-17)18-16(21)19-14(13)10-7-9(22-2)5-6-12(10)23-3/h5-7,14H,4,8H2,1-3H3,(H2,18,19,21)/t14-/m0/s1. The Labute approximate surface area is 144 Å². The van der Waals surface area contributed by atoms with Crippen molar-refractivity contribution >= 4 is 23.6 Å². The van der Waals surface area contributed by atoms with Crippen molar-refractivity contribution in [2.75, 3.05) is 26.7 Å². The van der Waals surface area contributed by atoms with Gasteiger partial charge >= 0.3 is 12.0 Å². The SMILES string of the molecule is CCOC(=O)C1=C(CCl)NC(=O)N[C@H]1c1cc(OC)ccc1OC. The second kappa shape index (κ2) is 7.92. The summed E-state index contributed by atoms with van der Waals surface area (Å²) in [5, 5.41) is 5.26. The minimum absolute atomic E-state index is 0.0373. The first kappa shape index (κ1) is 17.9. The number of carbonyl (C=O) groups excluding carboxylic acids is 2. The third-order valence-corrected chi connectivity index (χ3v) is 3.80. The van der Waals surface area contributed by atoms with Gasteiger partial charge in [-0.05, 0) is 25.1 Å². The van der Waals surface area contributed by atoms with Gasteiger partial charge in [0.1, 0.15) is 11.5 Å². The fourth-order valence-corrected chi connectivity index (χ4v) is 2.68. The van der Waals surface area contributed by atoms with Gasteiger partial charge < -0.3 is 24.8 Å². The third-order valence-electron chi connectivity index (χ3n) is 3.53. The van der Waals surface area contributed by atoms with Gasteiger partial charge in [-0.25, -0.2) is 9.59 Å². The number of esters is 1. The summed E-state index contributed by atoms with van der Waals surface area (Å²) in [6, 6.07) is 3.89. The van der Waals surface area contributed by atoms with Crippen molar-refractivity contribution in [1.82, 2.24) is 10.6 Å². The second-order valence-electron chi connectivity index (χ2n) is 4.89. The highest BCUT2D eigenvalue weighted by atomic mass is 35.5. The number of urea groups is 1. The molecule has 1 atom stereocenters. The molecule has 0 saturated heterocycles. The van der Waals surface area contributed by atoms with E-state index < -0.39 is 18.0 Å². The predicted octanol–water partition coefficient (Wildman–Crippen LogP) is 2.11. The summed E-state index contributed by atoms with van der Waals surface area (Å²) in [6.07, 6.45) is 0. The van der Waals surface area contributed by atoms with Gasteiger partial charge in [-0.1, -0.05) is 0 Å². The number of ether oxygens (including phenoxy) is 3. The predicted molar refractivity (Wildman–Crippen MR) is 88.3 cm³/mol. The topological polar surface area (TPSA) is 85.9 Å². The Hall–Kier alpha value is -2.41. The lowest BCUT2D eigenvalue weighted by Gasteiger charge is -2.29. The molecular formula is C16H19ClN2O5. The van der Waals surface area contributed by atoms with E-state index in [-0.39, 0.29) is 18.1 Å². The maximum Gasteiger partial charge on any atom is 0.338 e. The first-order valence-electron chi connectivity index (χ1n) is 7.31. The number of rotatable bonds is 6. The fourth-order valence-electron chi connectivity index (χ4n) is 2.47. The molecule has 0 unspecified atom stereocenters. The Kier molecular flexibility index (Phi) is 5.92. The lowest BCUT2D eigenvalue weighted by Crippen LogP contribution is -2.46. The van der Waals surface area contributed by atoms with Crippen LogP contribution in [-0.2, 0) is 9.53 Å². The molecule has 0 fully saturated rings. The van der Waals surface area contributed by atoms with E-state index in [1.54, 1.807) is 25.1 Å². The molecule has 1 heterocycles. The number of benzene rings is 1. The molecule has 0 bridgehead atoms. The van der Waals surface area contributed by atoms with Gasteiger partial charge in [0.05, 0.1) is 38.3 Å². The summed E-state index contributed by atoms with van der Waals surface area (Å²) in [4.78, 5) is 24.4. The largest absolute Gasteiger partial charge is 0.497 e. The van der Waals surface area contributed by atoms with Gasteiger partial charge in [0.15, 0.2) is 0 Å². The molecule has 0 saturated carbocycles. The normalized spacial score (nSPS) is 17.0. The molecule has 1 aliphatic heterocycles. The smallest absolute Gasteiger partial charge is 0.338 e. The summed E-state index contributed by atoms with van der Waals surface area (Å²) in [6.45, 7) is 1.91. The number of alkyl halides is 1. The van der Waals surface area contributed by atoms with Crippen LogP contribution in [0.4, 0.5) is 4.79 Å². The summed E-state index contributed by atoms with van der Waals surface area (Å²) >= 11 is 5.91. The number of hydrogen-bond acceptors (Lipinski definition) is 5. The molecule has 8 heteroatoms. The van der Waals surface area contributed by atoms with Crippen LogP contribution < -0.4 is 20.1 Å². The molecule has 7 nitrogen and oxygen atoms in total. The minimum Gasteiger partial charge on any atom is -0.497 e. The van der Waals surface area contributed by atoms with Crippen molar-refractivity contribution < 1.29 is 23.8 Å². The minimum atomic E-state index is -0.767. The van der Waals surface area contributed by atoms with Crippen LogP contribution in [0.1, 0.15) is 18.5 Å². The van der Waals surface area contributed by atoms with E-state index in [0.717, 1.165) is 0 Å². The highest BCUT2D eigenvalue weighted by Gasteiger charge is 2.35. The zero-order valence-corrected chi connectivity index (χ0v) is 14.4. The number of hydrogen-bond donors (Lipinski definition) is 2. The molecular weight excluding hydrogens is 336 g/mol. The zero-order valence-electron chi connectivity index (χ0n) is 13.6. The number of nitrogens with one attached hydrogen (secondary N) is 2. The average molecular weight is 355 g/mol. The van der Waals surface area contributed by atoms with Crippen LogP contribution in [-0.4, -0.2) is 38.7 Å². The van der Waals surface area contributed by atoms with Crippen LogP contribution in [0.25, 0.3) is 0 Å². The van der Waals surface area contributed by atoms with Gasteiger partial charge in [0.25, 0.3) is 0 Å². The second-order valence-corrected chi connectivity index (χ2v) is 5.15. The summed E-state index contributed by atoms with van der Waals surface area (Å²) in [5.74, 6) is 0.466. The number of amides is 2. The van der Waals surface area contributed by atoms with E-state index in [1.807, 2.05) is 0 Å². The molecule has 0 radical (unpaired) electrons. The lowest BCUT2D eigenvalue weighted by molar-refractivity contribution is -0.139. The molecule has 1 aliphatic rings. The first-order chi connectivity index (χ1) is 11.5. The van der Waals surface area contributed by atoms with Gasteiger partial charge in [-0.2, -0.15) is 0 Å². The molecule has 24 heavy (non-hydrogen) atoms. The maximum atomic E-state index is 12.4. The van der Waals surface area contributed by atoms with Crippen molar-refractivity contribution in [1.29, 1.82) is 0 Å². The first-order valence-corrected chi connectivity index (χ1v) is 7.84. The van der Waals surface area contributed by atoms with Crippen molar-refractivity contribution in [2.24, 2.45) is 0 Å². The Balaban J connectivity index is 2.60. The highest BCUT2D eigenvalue weighted by molar-refractivity contribution is 6.20. The van der Waals surface area contributed by atoms with Crippen molar-refractivity contribution in [2.45, 2.75) is 13.0 Å². The Morgan fingerprint density at radius 3 is 2.62 bits per heavy atom. The number of carbonyl (C=O) groups is 2. The number of allylic oxidation sites excluding steroid dienone is 1. The summed E-state index contributed by atoms with van der Waals surface area (Å²) in [7, 11) is 3.03. The van der Waals surface area contributed by atoms with Crippen LogP contribution >= 0.6 is 11.6 Å². The Bertz CT molecular complexity index is 674. The quantitative estimate of drug-likeness (QED) is 0.603. The van der Waals surface area contributed by atoms with E-state index in [9.17, 15) is 9.59 Å². The molecule has 0 spiro atoms. The Morgan fingerprint density at radius 2 is 2.04 bits per heavy atom. The van der Waals surface area contributed by atoms with Gasteiger partial charge in [0, 0.05) is 11.3 Å². The Morgan fingerprint density at radius 1 is 1.29 bits per heavy atom. The zero-order chi connectivity index (χ0) is 17.7. The molecule has 2 amide bonds. The van der Waals surface area contributed by atoms with Crippen molar-refractivity contribution in [3.05, 3.63) is 35.0 Å². The van der Waals surface area contributed by atoms with E-state index in [1.165, 1.54) is 14.2 Å². The van der Waals surface area contributed by atoms with Crippen LogP contribution in [0.3, 0.4) is 0 Å². The van der Waals surface area contributed by atoms with Crippen LogP contribution in [0.5, 0.6) is 11.5 Å². The molecule has 0 aromatic heterocycles. The molecule has 0 aliphatic carbocycles. The lowest BCUT2D eigenvalue weighted by atomic mass is 9.94. The van der Waals surface area contributed by atoms with E-state index >= 15 is 0 Å². The fraction of sp³-hybridized carbons (Fsp3) is 0.375. The number of methoxy groups -OCH3 is 2. The monoisotopic (exact) mass is 354 g/mol. The molecule has 130 valence electrons. The summed E-state index contributed by atoms with van der Waals surface area (Å²) < 4.78 is 15.7. The average Bonchev–Trinajstić information content (AvgIpc) is 2.60. The number of halogens is 1. The van der Waals surface area contributed by atoms with Gasteiger partial charge in [-0.15, -0.1) is 11.6 Å². The van der Waals surface area contributed by atoms with E-state index in [0.29, 0.717) is 22.8 Å².